The average molecular weight is 373 g/mol. The number of carbonyl (C=O) groups is 1. The molecular weight excluding hydrogens is 354 g/mol. The van der Waals surface area contributed by atoms with E-state index in [1.54, 1.807) is 19.4 Å². The van der Waals surface area contributed by atoms with Gasteiger partial charge in [-0.25, -0.2) is 0 Å². The SMILES string of the molecule is COc1ccc(-c2cc(C(=O)Nc3cccc(Cn4cccn4)c3)[nH]n2)cc1. The van der Waals surface area contributed by atoms with Gasteiger partial charge in [-0.1, -0.05) is 12.1 Å². The number of ether oxygens (including phenoxy) is 1. The summed E-state index contributed by atoms with van der Waals surface area (Å²) in [5, 5.41) is 14.1. The molecular formula is C21H19N5O2. The number of carbonyl (C=O) groups excluding carboxylic acids is 1. The minimum Gasteiger partial charge on any atom is -0.497 e. The highest BCUT2D eigenvalue weighted by atomic mass is 16.5. The standard InChI is InChI=1S/C21H19N5O2/c1-28-18-8-6-16(7-9-18)19-13-20(25-24-19)21(27)23-17-5-2-4-15(12-17)14-26-11-3-10-22-26/h2-13H,14H2,1H3,(H,23,27)(H,24,25). The Hall–Kier alpha value is -3.87. The Morgan fingerprint density at radius 3 is 2.75 bits per heavy atom. The first-order valence-electron chi connectivity index (χ1n) is 8.79. The number of nitrogens with zero attached hydrogens (tertiary/aromatic N) is 3. The van der Waals surface area contributed by atoms with E-state index >= 15 is 0 Å². The van der Waals surface area contributed by atoms with E-state index in [0.717, 1.165) is 22.6 Å². The number of hydrogen-bond donors (Lipinski definition) is 2. The summed E-state index contributed by atoms with van der Waals surface area (Å²) in [4.78, 5) is 12.6. The summed E-state index contributed by atoms with van der Waals surface area (Å²) < 4.78 is 6.99. The maximum atomic E-state index is 12.6. The number of aromatic nitrogens is 4. The van der Waals surface area contributed by atoms with Crippen LogP contribution >= 0.6 is 0 Å². The van der Waals surface area contributed by atoms with Crippen LogP contribution in [0, 0.1) is 0 Å². The Balaban J connectivity index is 1.46. The number of H-pyrrole nitrogens is 1. The smallest absolute Gasteiger partial charge is 0.273 e. The molecule has 0 fully saturated rings. The molecule has 0 radical (unpaired) electrons. The Morgan fingerprint density at radius 1 is 1.14 bits per heavy atom. The Labute approximate surface area is 162 Å². The Bertz CT molecular complexity index is 1070. The molecule has 4 aromatic rings. The Kier molecular flexibility index (Phi) is 4.88. The van der Waals surface area contributed by atoms with Crippen LogP contribution in [-0.4, -0.2) is 33.0 Å². The molecule has 4 rings (SSSR count). The monoisotopic (exact) mass is 373 g/mol. The van der Waals surface area contributed by atoms with Crippen molar-refractivity contribution in [2.45, 2.75) is 6.54 Å². The van der Waals surface area contributed by atoms with Gasteiger partial charge in [-0.05, 0) is 54.1 Å². The maximum absolute atomic E-state index is 12.6. The van der Waals surface area contributed by atoms with E-state index in [1.165, 1.54) is 0 Å². The van der Waals surface area contributed by atoms with Crippen LogP contribution < -0.4 is 10.1 Å². The lowest BCUT2D eigenvalue weighted by atomic mass is 10.1. The van der Waals surface area contributed by atoms with Gasteiger partial charge in [0.05, 0.1) is 19.3 Å². The van der Waals surface area contributed by atoms with Crippen molar-refractivity contribution in [2.75, 3.05) is 12.4 Å². The van der Waals surface area contributed by atoms with E-state index < -0.39 is 0 Å². The van der Waals surface area contributed by atoms with Crippen LogP contribution in [0.4, 0.5) is 5.69 Å². The molecule has 2 heterocycles. The van der Waals surface area contributed by atoms with Gasteiger partial charge in [0, 0.05) is 23.6 Å². The molecule has 2 aromatic carbocycles. The molecule has 2 N–H and O–H groups in total. The zero-order valence-corrected chi connectivity index (χ0v) is 15.3. The molecule has 7 heteroatoms. The number of rotatable bonds is 6. The largest absolute Gasteiger partial charge is 0.497 e. The van der Waals surface area contributed by atoms with Crippen molar-refractivity contribution in [3.05, 3.63) is 84.3 Å². The van der Waals surface area contributed by atoms with Crippen LogP contribution in [0.25, 0.3) is 11.3 Å². The van der Waals surface area contributed by atoms with Crippen molar-refractivity contribution in [3.63, 3.8) is 0 Å². The molecule has 0 aliphatic heterocycles. The quantitative estimate of drug-likeness (QED) is 0.541. The molecule has 0 atom stereocenters. The summed E-state index contributed by atoms with van der Waals surface area (Å²) in [6.07, 6.45) is 3.64. The van der Waals surface area contributed by atoms with Gasteiger partial charge in [-0.3, -0.25) is 14.6 Å². The van der Waals surface area contributed by atoms with Crippen LogP contribution in [-0.2, 0) is 6.54 Å². The van der Waals surface area contributed by atoms with Gasteiger partial charge >= 0.3 is 0 Å². The van der Waals surface area contributed by atoms with E-state index in [1.807, 2.05) is 65.5 Å². The minimum absolute atomic E-state index is 0.247. The van der Waals surface area contributed by atoms with Crippen LogP contribution in [0.5, 0.6) is 5.75 Å². The average Bonchev–Trinajstić information content (AvgIpc) is 3.40. The van der Waals surface area contributed by atoms with Crippen LogP contribution in [0.3, 0.4) is 0 Å². The van der Waals surface area contributed by atoms with Crippen molar-refractivity contribution in [1.82, 2.24) is 20.0 Å². The van der Waals surface area contributed by atoms with E-state index in [2.05, 4.69) is 20.6 Å². The van der Waals surface area contributed by atoms with Crippen molar-refractivity contribution in [1.29, 1.82) is 0 Å². The molecule has 0 aliphatic carbocycles. The predicted molar refractivity (Wildman–Crippen MR) is 106 cm³/mol. The molecule has 140 valence electrons. The molecule has 28 heavy (non-hydrogen) atoms. The second-order valence-corrected chi connectivity index (χ2v) is 6.25. The fourth-order valence-corrected chi connectivity index (χ4v) is 2.87. The maximum Gasteiger partial charge on any atom is 0.273 e. The van der Waals surface area contributed by atoms with E-state index in [-0.39, 0.29) is 5.91 Å². The van der Waals surface area contributed by atoms with Gasteiger partial charge in [-0.15, -0.1) is 0 Å². The van der Waals surface area contributed by atoms with Crippen molar-refractivity contribution in [2.24, 2.45) is 0 Å². The lowest BCUT2D eigenvalue weighted by Gasteiger charge is -2.07. The number of nitrogens with one attached hydrogen (secondary N) is 2. The lowest BCUT2D eigenvalue weighted by Crippen LogP contribution is -2.12. The van der Waals surface area contributed by atoms with E-state index in [4.69, 9.17) is 4.74 Å². The van der Waals surface area contributed by atoms with Gasteiger partial charge in [0.15, 0.2) is 0 Å². The molecule has 7 nitrogen and oxygen atoms in total. The molecule has 0 saturated carbocycles. The topological polar surface area (TPSA) is 84.8 Å². The van der Waals surface area contributed by atoms with Crippen LogP contribution in [0.2, 0.25) is 0 Å². The number of benzene rings is 2. The van der Waals surface area contributed by atoms with Gasteiger partial charge in [0.2, 0.25) is 0 Å². The van der Waals surface area contributed by atoms with E-state index in [0.29, 0.717) is 17.9 Å². The van der Waals surface area contributed by atoms with Gasteiger partial charge in [0.25, 0.3) is 5.91 Å². The van der Waals surface area contributed by atoms with Crippen LogP contribution in [0.15, 0.2) is 73.1 Å². The highest BCUT2D eigenvalue weighted by molar-refractivity contribution is 6.03. The fraction of sp³-hybridized carbons (Fsp3) is 0.0952. The summed E-state index contributed by atoms with van der Waals surface area (Å²) in [6, 6.07) is 18.8. The van der Waals surface area contributed by atoms with Crippen molar-refractivity contribution >= 4 is 11.6 Å². The summed E-state index contributed by atoms with van der Waals surface area (Å²) in [5.41, 5.74) is 3.75. The molecule has 0 bridgehead atoms. The predicted octanol–water partition coefficient (Wildman–Crippen LogP) is 3.58. The first-order valence-corrected chi connectivity index (χ1v) is 8.79. The van der Waals surface area contributed by atoms with Gasteiger partial charge < -0.3 is 10.1 Å². The van der Waals surface area contributed by atoms with E-state index in [9.17, 15) is 4.79 Å². The number of methoxy groups -OCH3 is 1. The number of amides is 1. The zero-order chi connectivity index (χ0) is 19.3. The van der Waals surface area contributed by atoms with Gasteiger partial charge in [0.1, 0.15) is 11.4 Å². The first kappa shape index (κ1) is 17.5. The fourth-order valence-electron chi connectivity index (χ4n) is 2.87. The molecule has 1 amide bonds. The van der Waals surface area contributed by atoms with Gasteiger partial charge in [-0.2, -0.15) is 10.2 Å². The number of aromatic amines is 1. The molecule has 0 spiro atoms. The normalized spacial score (nSPS) is 10.6. The third-order valence-corrected chi connectivity index (χ3v) is 4.30. The molecule has 0 saturated heterocycles. The zero-order valence-electron chi connectivity index (χ0n) is 15.3. The summed E-state index contributed by atoms with van der Waals surface area (Å²) in [6.45, 7) is 0.641. The third kappa shape index (κ3) is 3.93. The minimum atomic E-state index is -0.247. The Morgan fingerprint density at radius 2 is 2.00 bits per heavy atom. The first-order chi connectivity index (χ1) is 13.7. The molecule has 0 unspecified atom stereocenters. The highest BCUT2D eigenvalue weighted by Gasteiger charge is 2.12. The van der Waals surface area contributed by atoms with Crippen molar-refractivity contribution in [3.8, 4) is 17.0 Å². The molecule has 2 aromatic heterocycles. The summed E-state index contributed by atoms with van der Waals surface area (Å²) >= 11 is 0. The van der Waals surface area contributed by atoms with Crippen LogP contribution in [0.1, 0.15) is 16.1 Å². The third-order valence-electron chi connectivity index (χ3n) is 4.30. The molecule has 0 aliphatic rings. The second-order valence-electron chi connectivity index (χ2n) is 6.25. The summed E-state index contributed by atoms with van der Waals surface area (Å²) in [7, 11) is 1.62. The number of hydrogen-bond acceptors (Lipinski definition) is 4. The summed E-state index contributed by atoms with van der Waals surface area (Å²) in [5.74, 6) is 0.524. The highest BCUT2D eigenvalue weighted by Crippen LogP contribution is 2.21. The lowest BCUT2D eigenvalue weighted by molar-refractivity contribution is 0.102. The second kappa shape index (κ2) is 7.79. The van der Waals surface area contributed by atoms with Crippen molar-refractivity contribution < 1.29 is 9.53 Å². The number of anilines is 1.